The number of rotatable bonds is 6. The SMILES string of the molecule is CCCNC(Cc1nccs1)c1cnn(C)c1C. The maximum absolute atomic E-state index is 4.38. The van der Waals surface area contributed by atoms with Gasteiger partial charge in [-0.15, -0.1) is 11.3 Å². The highest BCUT2D eigenvalue weighted by molar-refractivity contribution is 7.09. The maximum Gasteiger partial charge on any atom is 0.0943 e. The molecule has 2 heterocycles. The van der Waals surface area contributed by atoms with Crippen LogP contribution < -0.4 is 5.32 Å². The Labute approximate surface area is 112 Å². The van der Waals surface area contributed by atoms with Crippen molar-refractivity contribution in [2.24, 2.45) is 7.05 Å². The van der Waals surface area contributed by atoms with Crippen molar-refractivity contribution < 1.29 is 0 Å². The van der Waals surface area contributed by atoms with Crippen LogP contribution in [0.15, 0.2) is 17.8 Å². The molecule has 2 aromatic rings. The van der Waals surface area contributed by atoms with Gasteiger partial charge in [0, 0.05) is 42.3 Å². The molecule has 2 aromatic heterocycles. The van der Waals surface area contributed by atoms with E-state index in [0.29, 0.717) is 6.04 Å². The first kappa shape index (κ1) is 13.2. The van der Waals surface area contributed by atoms with Gasteiger partial charge in [0.15, 0.2) is 0 Å². The summed E-state index contributed by atoms with van der Waals surface area (Å²) in [5.41, 5.74) is 2.50. The molecule has 0 aromatic carbocycles. The lowest BCUT2D eigenvalue weighted by Crippen LogP contribution is -2.24. The number of aromatic nitrogens is 3. The predicted octanol–water partition coefficient (Wildman–Crippen LogP) is 2.47. The first-order valence-electron chi connectivity index (χ1n) is 6.32. The molecule has 0 spiro atoms. The van der Waals surface area contributed by atoms with E-state index in [2.05, 4.69) is 29.2 Å². The molecule has 98 valence electrons. The van der Waals surface area contributed by atoms with E-state index in [-0.39, 0.29) is 0 Å². The van der Waals surface area contributed by atoms with E-state index in [0.717, 1.165) is 19.4 Å². The van der Waals surface area contributed by atoms with Gasteiger partial charge in [0.2, 0.25) is 0 Å². The third-order valence-electron chi connectivity index (χ3n) is 3.15. The second-order valence-electron chi connectivity index (χ2n) is 4.45. The number of hydrogen-bond donors (Lipinski definition) is 1. The first-order chi connectivity index (χ1) is 8.72. The Balaban J connectivity index is 2.16. The quantitative estimate of drug-likeness (QED) is 0.871. The Hall–Kier alpha value is -1.20. The smallest absolute Gasteiger partial charge is 0.0943 e. The van der Waals surface area contributed by atoms with E-state index in [1.54, 1.807) is 11.3 Å². The van der Waals surface area contributed by atoms with Crippen molar-refractivity contribution >= 4 is 11.3 Å². The summed E-state index contributed by atoms with van der Waals surface area (Å²) in [6.45, 7) is 5.32. The van der Waals surface area contributed by atoms with Crippen LogP contribution in [0.5, 0.6) is 0 Å². The average Bonchev–Trinajstić information content (AvgIpc) is 2.97. The van der Waals surface area contributed by atoms with Gasteiger partial charge >= 0.3 is 0 Å². The molecule has 0 aliphatic rings. The number of aryl methyl sites for hydroxylation is 1. The summed E-state index contributed by atoms with van der Waals surface area (Å²) in [4.78, 5) is 4.38. The van der Waals surface area contributed by atoms with E-state index in [1.165, 1.54) is 16.3 Å². The van der Waals surface area contributed by atoms with E-state index in [1.807, 2.05) is 29.5 Å². The number of nitrogens with one attached hydrogen (secondary N) is 1. The average molecular weight is 264 g/mol. The van der Waals surface area contributed by atoms with Gasteiger partial charge < -0.3 is 5.32 Å². The fraction of sp³-hybridized carbons (Fsp3) is 0.538. The van der Waals surface area contributed by atoms with Gasteiger partial charge in [-0.05, 0) is 19.9 Å². The molecule has 0 fully saturated rings. The molecule has 0 bridgehead atoms. The van der Waals surface area contributed by atoms with Crippen molar-refractivity contribution in [1.82, 2.24) is 20.1 Å². The van der Waals surface area contributed by atoms with Crippen LogP contribution >= 0.6 is 11.3 Å². The van der Waals surface area contributed by atoms with Gasteiger partial charge in [-0.3, -0.25) is 4.68 Å². The van der Waals surface area contributed by atoms with Gasteiger partial charge in [-0.25, -0.2) is 4.98 Å². The molecule has 4 nitrogen and oxygen atoms in total. The summed E-state index contributed by atoms with van der Waals surface area (Å²) < 4.78 is 1.93. The highest BCUT2D eigenvalue weighted by Crippen LogP contribution is 2.22. The minimum atomic E-state index is 0.310. The highest BCUT2D eigenvalue weighted by Gasteiger charge is 2.17. The minimum Gasteiger partial charge on any atom is -0.309 e. The number of thiazole rings is 1. The molecule has 1 unspecified atom stereocenters. The zero-order valence-electron chi connectivity index (χ0n) is 11.2. The zero-order valence-corrected chi connectivity index (χ0v) is 12.0. The van der Waals surface area contributed by atoms with Crippen molar-refractivity contribution in [3.63, 3.8) is 0 Å². The molecule has 0 amide bonds. The summed E-state index contributed by atoms with van der Waals surface area (Å²) in [5.74, 6) is 0. The van der Waals surface area contributed by atoms with E-state index in [4.69, 9.17) is 0 Å². The van der Waals surface area contributed by atoms with Crippen molar-refractivity contribution in [3.05, 3.63) is 34.0 Å². The Morgan fingerprint density at radius 1 is 1.50 bits per heavy atom. The van der Waals surface area contributed by atoms with Gasteiger partial charge in [-0.1, -0.05) is 6.92 Å². The second-order valence-corrected chi connectivity index (χ2v) is 5.42. The van der Waals surface area contributed by atoms with Crippen molar-refractivity contribution in [1.29, 1.82) is 0 Å². The van der Waals surface area contributed by atoms with Gasteiger partial charge in [0.1, 0.15) is 0 Å². The van der Waals surface area contributed by atoms with Crippen LogP contribution in [-0.4, -0.2) is 21.3 Å². The highest BCUT2D eigenvalue weighted by atomic mass is 32.1. The van der Waals surface area contributed by atoms with Crippen molar-refractivity contribution in [3.8, 4) is 0 Å². The lowest BCUT2D eigenvalue weighted by Gasteiger charge is -2.17. The normalized spacial score (nSPS) is 12.8. The first-order valence-corrected chi connectivity index (χ1v) is 7.20. The summed E-state index contributed by atoms with van der Waals surface area (Å²) in [6.07, 6.45) is 5.90. The molecule has 1 atom stereocenters. The lowest BCUT2D eigenvalue weighted by molar-refractivity contribution is 0.525. The van der Waals surface area contributed by atoms with Crippen LogP contribution in [0.1, 0.15) is 35.7 Å². The third kappa shape index (κ3) is 2.97. The maximum atomic E-state index is 4.38. The topological polar surface area (TPSA) is 42.7 Å². The standard InChI is InChI=1S/C13H20N4S/c1-4-5-14-12(8-13-15-6-7-18-13)11-9-16-17(3)10(11)2/h6-7,9,12,14H,4-5,8H2,1-3H3. The number of nitrogens with zero attached hydrogens (tertiary/aromatic N) is 3. The van der Waals surface area contributed by atoms with E-state index >= 15 is 0 Å². The monoisotopic (exact) mass is 264 g/mol. The molecule has 0 aliphatic heterocycles. The van der Waals surface area contributed by atoms with Crippen molar-refractivity contribution in [2.75, 3.05) is 6.54 Å². The molecule has 1 N–H and O–H groups in total. The largest absolute Gasteiger partial charge is 0.309 e. The Bertz CT molecular complexity index is 475. The summed E-state index contributed by atoms with van der Waals surface area (Å²) in [5, 5.41) is 11.1. The molecular formula is C13H20N4S. The molecule has 0 radical (unpaired) electrons. The Kier molecular flexibility index (Phi) is 4.49. The van der Waals surface area contributed by atoms with Gasteiger partial charge in [0.05, 0.1) is 11.2 Å². The van der Waals surface area contributed by atoms with Crippen LogP contribution in [0.3, 0.4) is 0 Å². The number of hydrogen-bond acceptors (Lipinski definition) is 4. The van der Waals surface area contributed by atoms with E-state index < -0.39 is 0 Å². The van der Waals surface area contributed by atoms with Crippen LogP contribution in [-0.2, 0) is 13.5 Å². The molecule has 0 aliphatic carbocycles. The van der Waals surface area contributed by atoms with Crippen LogP contribution in [0, 0.1) is 6.92 Å². The van der Waals surface area contributed by atoms with Gasteiger partial charge in [-0.2, -0.15) is 5.10 Å². The summed E-state index contributed by atoms with van der Waals surface area (Å²) in [7, 11) is 1.99. The molecule has 2 rings (SSSR count). The third-order valence-corrected chi connectivity index (χ3v) is 3.95. The minimum absolute atomic E-state index is 0.310. The van der Waals surface area contributed by atoms with Crippen LogP contribution in [0.25, 0.3) is 0 Å². The summed E-state index contributed by atoms with van der Waals surface area (Å²) in [6, 6.07) is 0.310. The Morgan fingerprint density at radius 3 is 2.89 bits per heavy atom. The molecule has 5 heteroatoms. The molecule has 0 saturated carbocycles. The molecule has 18 heavy (non-hydrogen) atoms. The molecule has 0 saturated heterocycles. The van der Waals surface area contributed by atoms with Crippen LogP contribution in [0.4, 0.5) is 0 Å². The van der Waals surface area contributed by atoms with Crippen LogP contribution in [0.2, 0.25) is 0 Å². The molecular weight excluding hydrogens is 244 g/mol. The van der Waals surface area contributed by atoms with E-state index in [9.17, 15) is 0 Å². The summed E-state index contributed by atoms with van der Waals surface area (Å²) >= 11 is 1.71. The Morgan fingerprint density at radius 2 is 2.33 bits per heavy atom. The lowest BCUT2D eigenvalue weighted by atomic mass is 10.1. The fourth-order valence-corrected chi connectivity index (χ4v) is 2.66. The predicted molar refractivity (Wildman–Crippen MR) is 74.8 cm³/mol. The van der Waals surface area contributed by atoms with Crippen molar-refractivity contribution in [2.45, 2.75) is 32.7 Å². The second kappa shape index (κ2) is 6.11. The van der Waals surface area contributed by atoms with Gasteiger partial charge in [0.25, 0.3) is 0 Å². The zero-order chi connectivity index (χ0) is 13.0. The fourth-order valence-electron chi connectivity index (χ4n) is 2.00.